The van der Waals surface area contributed by atoms with Gasteiger partial charge in [-0.3, -0.25) is 0 Å². The Kier molecular flexibility index (Phi) is 4.21. The van der Waals surface area contributed by atoms with Crippen LogP contribution < -0.4 is 15.4 Å². The lowest BCUT2D eigenvalue weighted by molar-refractivity contribution is 0.412. The molecule has 100 valence electrons. The molecule has 0 atom stereocenters. The number of halogens is 1. The summed E-state index contributed by atoms with van der Waals surface area (Å²) in [6, 6.07) is 5.77. The predicted molar refractivity (Wildman–Crippen MR) is 80.3 cm³/mol. The van der Waals surface area contributed by atoms with Gasteiger partial charge in [0.2, 0.25) is 0 Å². The summed E-state index contributed by atoms with van der Waals surface area (Å²) in [6.07, 6.45) is 1.53. The van der Waals surface area contributed by atoms with Gasteiger partial charge in [-0.25, -0.2) is 9.97 Å². The summed E-state index contributed by atoms with van der Waals surface area (Å²) in [5.41, 5.74) is 1.90. The first-order chi connectivity index (χ1) is 9.15. The van der Waals surface area contributed by atoms with Gasteiger partial charge < -0.3 is 15.4 Å². The quantitative estimate of drug-likeness (QED) is 0.904. The lowest BCUT2D eigenvalue weighted by Gasteiger charge is -2.12. The van der Waals surface area contributed by atoms with Crippen LogP contribution in [0, 0.1) is 6.92 Å². The molecule has 0 bridgehead atoms. The molecule has 1 heterocycles. The normalized spacial score (nSPS) is 10.1. The van der Waals surface area contributed by atoms with Crippen molar-refractivity contribution >= 4 is 33.3 Å². The molecule has 2 rings (SSSR count). The van der Waals surface area contributed by atoms with Gasteiger partial charge in [-0.15, -0.1) is 0 Å². The van der Waals surface area contributed by atoms with Gasteiger partial charge in [0.15, 0.2) is 0 Å². The molecule has 0 aliphatic heterocycles. The Hall–Kier alpha value is -1.82. The topological polar surface area (TPSA) is 59.1 Å². The van der Waals surface area contributed by atoms with E-state index in [0.717, 1.165) is 33.1 Å². The van der Waals surface area contributed by atoms with Crippen molar-refractivity contribution in [3.8, 4) is 5.75 Å². The van der Waals surface area contributed by atoms with Crippen LogP contribution >= 0.6 is 15.9 Å². The molecule has 2 N–H and O–H groups in total. The van der Waals surface area contributed by atoms with E-state index in [0.29, 0.717) is 0 Å². The first kappa shape index (κ1) is 13.6. The molecule has 0 spiro atoms. The second-order valence-corrected chi connectivity index (χ2v) is 4.77. The maximum atomic E-state index is 5.20. The number of hydrogen-bond donors (Lipinski definition) is 2. The number of nitrogens with zero attached hydrogens (tertiary/aromatic N) is 2. The van der Waals surface area contributed by atoms with E-state index < -0.39 is 0 Å². The third-order valence-electron chi connectivity index (χ3n) is 2.74. The average Bonchev–Trinajstić information content (AvgIpc) is 2.41. The van der Waals surface area contributed by atoms with E-state index >= 15 is 0 Å². The van der Waals surface area contributed by atoms with Gasteiger partial charge in [-0.05, 0) is 41.1 Å². The Balaban J connectivity index is 2.29. The number of anilines is 3. The van der Waals surface area contributed by atoms with Crippen molar-refractivity contribution < 1.29 is 4.74 Å². The second kappa shape index (κ2) is 5.88. The summed E-state index contributed by atoms with van der Waals surface area (Å²) < 4.78 is 6.09. The highest BCUT2D eigenvalue weighted by Gasteiger charge is 2.07. The lowest BCUT2D eigenvalue weighted by atomic mass is 10.2. The number of benzene rings is 1. The lowest BCUT2D eigenvalue weighted by Crippen LogP contribution is -2.02. The van der Waals surface area contributed by atoms with Crippen LogP contribution in [0.2, 0.25) is 0 Å². The fourth-order valence-corrected chi connectivity index (χ4v) is 2.25. The number of hydrogen-bond acceptors (Lipinski definition) is 5. The van der Waals surface area contributed by atoms with Crippen molar-refractivity contribution in [2.24, 2.45) is 0 Å². The van der Waals surface area contributed by atoms with Crippen LogP contribution in [0.1, 0.15) is 5.56 Å². The van der Waals surface area contributed by atoms with Crippen LogP contribution in [0.5, 0.6) is 5.75 Å². The number of aromatic nitrogens is 2. The summed E-state index contributed by atoms with van der Waals surface area (Å²) in [7, 11) is 3.48. The molecule has 2 aromatic rings. The predicted octanol–water partition coefficient (Wildman–Crippen LogP) is 3.34. The molecule has 0 saturated heterocycles. The zero-order valence-electron chi connectivity index (χ0n) is 11.0. The molecule has 0 unspecified atom stereocenters. The van der Waals surface area contributed by atoms with Gasteiger partial charge in [0.25, 0.3) is 0 Å². The average molecular weight is 323 g/mol. The molecule has 6 heteroatoms. The van der Waals surface area contributed by atoms with Crippen LogP contribution in [-0.4, -0.2) is 24.1 Å². The minimum absolute atomic E-state index is 0.774. The highest BCUT2D eigenvalue weighted by molar-refractivity contribution is 9.10. The minimum atomic E-state index is 0.774. The first-order valence-corrected chi connectivity index (χ1v) is 6.55. The van der Waals surface area contributed by atoms with Gasteiger partial charge in [0.05, 0.1) is 11.6 Å². The van der Waals surface area contributed by atoms with Crippen LogP contribution in [0.15, 0.2) is 29.0 Å². The Morgan fingerprint density at radius 2 is 1.95 bits per heavy atom. The number of methoxy groups -OCH3 is 1. The molecule has 0 aliphatic rings. The second-order valence-electron chi connectivity index (χ2n) is 3.92. The summed E-state index contributed by atoms with van der Waals surface area (Å²) in [5.74, 6) is 2.38. The van der Waals surface area contributed by atoms with E-state index in [1.54, 1.807) is 7.11 Å². The van der Waals surface area contributed by atoms with E-state index in [-0.39, 0.29) is 0 Å². The zero-order valence-corrected chi connectivity index (χ0v) is 12.6. The van der Waals surface area contributed by atoms with Gasteiger partial charge in [0.1, 0.15) is 23.7 Å². The Labute approximate surface area is 120 Å². The first-order valence-electron chi connectivity index (χ1n) is 5.75. The van der Waals surface area contributed by atoms with Crippen molar-refractivity contribution in [3.63, 3.8) is 0 Å². The van der Waals surface area contributed by atoms with Crippen molar-refractivity contribution in [2.75, 3.05) is 24.8 Å². The van der Waals surface area contributed by atoms with Crippen LogP contribution in [0.4, 0.5) is 17.3 Å². The SMILES string of the molecule is CNc1ncnc(Nc2ccc(OC)c(Br)c2)c1C. The van der Waals surface area contributed by atoms with Crippen molar-refractivity contribution in [1.82, 2.24) is 9.97 Å². The number of rotatable bonds is 4. The summed E-state index contributed by atoms with van der Waals surface area (Å²) in [6.45, 7) is 1.97. The van der Waals surface area contributed by atoms with Gasteiger partial charge in [0, 0.05) is 18.3 Å². The molecule has 0 saturated carbocycles. The molecule has 1 aromatic carbocycles. The van der Waals surface area contributed by atoms with Gasteiger partial charge in [-0.2, -0.15) is 0 Å². The molecule has 0 aliphatic carbocycles. The van der Waals surface area contributed by atoms with Crippen molar-refractivity contribution in [2.45, 2.75) is 6.92 Å². The van der Waals surface area contributed by atoms with Crippen LogP contribution in [0.25, 0.3) is 0 Å². The molecule has 0 fully saturated rings. The maximum absolute atomic E-state index is 5.20. The number of nitrogens with one attached hydrogen (secondary N) is 2. The van der Waals surface area contributed by atoms with Gasteiger partial charge >= 0.3 is 0 Å². The third kappa shape index (κ3) is 2.96. The molecule has 19 heavy (non-hydrogen) atoms. The molecular formula is C13H15BrN4O. The smallest absolute Gasteiger partial charge is 0.138 e. The van der Waals surface area contributed by atoms with Crippen LogP contribution in [-0.2, 0) is 0 Å². The molecule has 5 nitrogen and oxygen atoms in total. The minimum Gasteiger partial charge on any atom is -0.496 e. The largest absolute Gasteiger partial charge is 0.496 e. The van der Waals surface area contributed by atoms with Gasteiger partial charge in [-0.1, -0.05) is 0 Å². The fraction of sp³-hybridized carbons (Fsp3) is 0.231. The van der Waals surface area contributed by atoms with E-state index in [2.05, 4.69) is 36.5 Å². The monoisotopic (exact) mass is 322 g/mol. The van der Waals surface area contributed by atoms with Crippen molar-refractivity contribution in [3.05, 3.63) is 34.6 Å². The summed E-state index contributed by atoms with van der Waals surface area (Å²) in [4.78, 5) is 8.40. The molecule has 0 radical (unpaired) electrons. The third-order valence-corrected chi connectivity index (χ3v) is 3.36. The Morgan fingerprint density at radius 3 is 2.58 bits per heavy atom. The van der Waals surface area contributed by atoms with Crippen molar-refractivity contribution in [1.29, 1.82) is 0 Å². The highest BCUT2D eigenvalue weighted by Crippen LogP contribution is 2.30. The Morgan fingerprint density at radius 1 is 1.21 bits per heavy atom. The molecule has 0 amide bonds. The van der Waals surface area contributed by atoms with E-state index in [4.69, 9.17) is 4.74 Å². The van der Waals surface area contributed by atoms with E-state index in [1.165, 1.54) is 6.33 Å². The van der Waals surface area contributed by atoms with Crippen LogP contribution in [0.3, 0.4) is 0 Å². The summed E-state index contributed by atoms with van der Waals surface area (Å²) >= 11 is 3.46. The van der Waals surface area contributed by atoms with E-state index in [1.807, 2.05) is 32.2 Å². The maximum Gasteiger partial charge on any atom is 0.138 e. The number of ether oxygens (including phenoxy) is 1. The summed E-state index contributed by atoms with van der Waals surface area (Å²) in [5, 5.41) is 6.29. The standard InChI is InChI=1S/C13H15BrN4O/c1-8-12(15-2)16-7-17-13(8)18-9-4-5-11(19-3)10(14)6-9/h4-7H,1-3H3,(H2,15,16,17,18). The van der Waals surface area contributed by atoms with E-state index in [9.17, 15) is 0 Å². The Bertz CT molecular complexity index is 589. The zero-order chi connectivity index (χ0) is 13.8. The highest BCUT2D eigenvalue weighted by atomic mass is 79.9. The molecule has 1 aromatic heterocycles. The fourth-order valence-electron chi connectivity index (χ4n) is 1.71. The molecular weight excluding hydrogens is 308 g/mol.